The number of hydrogen-bond acceptors (Lipinski definition) is 1. The second-order valence-electron chi connectivity index (χ2n) is 8.91. The van der Waals surface area contributed by atoms with Crippen molar-refractivity contribution in [1.82, 2.24) is 4.90 Å². The van der Waals surface area contributed by atoms with Crippen molar-refractivity contribution >= 4 is 0 Å². The topological polar surface area (TPSA) is 3.24 Å². The lowest BCUT2D eigenvalue weighted by molar-refractivity contribution is 0.262. The number of hydrogen-bond donors (Lipinski definition) is 0. The first kappa shape index (κ1) is 25.4. The van der Waals surface area contributed by atoms with Gasteiger partial charge in [0.2, 0.25) is 0 Å². The van der Waals surface area contributed by atoms with Crippen LogP contribution in [-0.2, 0) is 13.1 Å². The first-order valence-corrected chi connectivity index (χ1v) is 12.8. The molecule has 0 saturated heterocycles. The van der Waals surface area contributed by atoms with Crippen LogP contribution in [0.4, 0.5) is 0 Å². The van der Waals surface area contributed by atoms with Gasteiger partial charge in [-0.15, -0.1) is 0 Å². The average Bonchev–Trinajstić information content (AvgIpc) is 2.80. The molecule has 2 aromatic carbocycles. The van der Waals surface area contributed by atoms with Crippen LogP contribution >= 0.6 is 0 Å². The standard InChI is InChI=1S/C30H45N/c1-2-3-4-5-6-7-8-9-10-11-12-13-14-21-26-31(27-29-22-17-15-18-23-29)28-30-24-19-16-20-25-30/h13-20,22-25H,2-12,21,26-28H2,1H3/b14-13+. The summed E-state index contributed by atoms with van der Waals surface area (Å²) in [7, 11) is 0. The molecule has 2 aromatic rings. The van der Waals surface area contributed by atoms with Crippen LogP contribution in [0.3, 0.4) is 0 Å². The zero-order valence-electron chi connectivity index (χ0n) is 20.0. The molecule has 170 valence electrons. The molecule has 0 unspecified atom stereocenters. The molecule has 0 bridgehead atoms. The van der Waals surface area contributed by atoms with Gasteiger partial charge in [-0.25, -0.2) is 0 Å². The molecule has 31 heavy (non-hydrogen) atoms. The van der Waals surface area contributed by atoms with E-state index in [9.17, 15) is 0 Å². The lowest BCUT2D eigenvalue weighted by atomic mass is 10.1. The largest absolute Gasteiger partial charge is 0.295 e. The monoisotopic (exact) mass is 419 g/mol. The summed E-state index contributed by atoms with van der Waals surface area (Å²) in [5, 5.41) is 0. The van der Waals surface area contributed by atoms with Gasteiger partial charge in [-0.2, -0.15) is 0 Å². The minimum absolute atomic E-state index is 1.02. The Morgan fingerprint density at radius 3 is 1.52 bits per heavy atom. The summed E-state index contributed by atoms with van der Waals surface area (Å²) in [5.41, 5.74) is 2.79. The maximum Gasteiger partial charge on any atom is 0.0237 e. The predicted molar refractivity (Wildman–Crippen MR) is 137 cm³/mol. The van der Waals surface area contributed by atoms with Crippen LogP contribution < -0.4 is 0 Å². The third kappa shape index (κ3) is 13.2. The van der Waals surface area contributed by atoms with Crippen molar-refractivity contribution in [3.8, 4) is 0 Å². The van der Waals surface area contributed by atoms with E-state index in [1.165, 1.54) is 81.8 Å². The second kappa shape index (κ2) is 17.8. The van der Waals surface area contributed by atoms with Crippen molar-refractivity contribution in [3.63, 3.8) is 0 Å². The van der Waals surface area contributed by atoms with Crippen molar-refractivity contribution in [2.45, 2.75) is 97.1 Å². The van der Waals surface area contributed by atoms with Gasteiger partial charge in [0.05, 0.1) is 0 Å². The Balaban J connectivity index is 1.57. The quantitative estimate of drug-likeness (QED) is 0.172. The molecule has 0 atom stereocenters. The molecule has 0 aliphatic rings. The minimum atomic E-state index is 1.02. The summed E-state index contributed by atoms with van der Waals surface area (Å²) in [5.74, 6) is 0. The summed E-state index contributed by atoms with van der Waals surface area (Å²) >= 11 is 0. The van der Waals surface area contributed by atoms with Crippen molar-refractivity contribution in [2.24, 2.45) is 0 Å². The van der Waals surface area contributed by atoms with E-state index in [1.54, 1.807) is 0 Å². The summed E-state index contributed by atoms with van der Waals surface area (Å²) in [4.78, 5) is 2.56. The molecule has 0 aromatic heterocycles. The number of benzene rings is 2. The molecule has 1 heteroatoms. The van der Waals surface area contributed by atoms with Gasteiger partial charge in [0.15, 0.2) is 0 Å². The normalized spacial score (nSPS) is 11.5. The molecule has 1 nitrogen and oxygen atoms in total. The van der Waals surface area contributed by atoms with E-state index in [0.29, 0.717) is 0 Å². The van der Waals surface area contributed by atoms with Gasteiger partial charge in [-0.3, -0.25) is 4.90 Å². The van der Waals surface area contributed by atoms with Crippen LogP contribution in [0.25, 0.3) is 0 Å². The van der Waals surface area contributed by atoms with E-state index in [2.05, 4.69) is 84.6 Å². The van der Waals surface area contributed by atoms with Crippen LogP contribution in [0.5, 0.6) is 0 Å². The molecular formula is C30H45N. The maximum absolute atomic E-state index is 2.56. The van der Waals surface area contributed by atoms with Gasteiger partial charge in [0.1, 0.15) is 0 Å². The molecule has 0 saturated carbocycles. The first-order valence-electron chi connectivity index (χ1n) is 12.8. The van der Waals surface area contributed by atoms with Crippen LogP contribution in [-0.4, -0.2) is 11.4 Å². The smallest absolute Gasteiger partial charge is 0.0237 e. The van der Waals surface area contributed by atoms with Gasteiger partial charge < -0.3 is 0 Å². The fourth-order valence-corrected chi connectivity index (χ4v) is 4.14. The predicted octanol–water partition coefficient (Wildman–Crippen LogP) is 8.95. The molecule has 0 N–H and O–H groups in total. The third-order valence-corrected chi connectivity index (χ3v) is 6.00. The average molecular weight is 420 g/mol. The molecule has 0 fully saturated rings. The second-order valence-corrected chi connectivity index (χ2v) is 8.91. The Labute approximate surface area is 192 Å². The van der Waals surface area contributed by atoms with Crippen molar-refractivity contribution in [3.05, 3.63) is 83.9 Å². The Morgan fingerprint density at radius 1 is 0.548 bits per heavy atom. The lowest BCUT2D eigenvalue weighted by Crippen LogP contribution is -2.23. The number of unbranched alkanes of at least 4 members (excludes halogenated alkanes) is 10. The maximum atomic E-state index is 2.56. The van der Waals surface area contributed by atoms with E-state index in [-0.39, 0.29) is 0 Å². The van der Waals surface area contributed by atoms with E-state index >= 15 is 0 Å². The lowest BCUT2D eigenvalue weighted by Gasteiger charge is -2.22. The van der Waals surface area contributed by atoms with Gasteiger partial charge in [0, 0.05) is 19.6 Å². The Morgan fingerprint density at radius 2 is 1.00 bits per heavy atom. The third-order valence-electron chi connectivity index (χ3n) is 6.00. The minimum Gasteiger partial charge on any atom is -0.295 e. The Bertz CT molecular complexity index is 620. The van der Waals surface area contributed by atoms with Crippen molar-refractivity contribution in [1.29, 1.82) is 0 Å². The van der Waals surface area contributed by atoms with E-state index < -0.39 is 0 Å². The Kier molecular flexibility index (Phi) is 14.6. The van der Waals surface area contributed by atoms with E-state index in [4.69, 9.17) is 0 Å². The van der Waals surface area contributed by atoms with Crippen LogP contribution in [0.1, 0.15) is 95.1 Å². The highest BCUT2D eigenvalue weighted by molar-refractivity contribution is 5.17. The van der Waals surface area contributed by atoms with Gasteiger partial charge in [-0.1, -0.05) is 138 Å². The summed E-state index contributed by atoms with van der Waals surface area (Å²) in [6.45, 7) is 5.43. The van der Waals surface area contributed by atoms with Crippen LogP contribution in [0.2, 0.25) is 0 Å². The highest BCUT2D eigenvalue weighted by atomic mass is 15.1. The Hall–Kier alpha value is -1.86. The van der Waals surface area contributed by atoms with Crippen LogP contribution in [0, 0.1) is 0 Å². The molecule has 0 aliphatic heterocycles. The summed E-state index contributed by atoms with van der Waals surface area (Å²) in [6, 6.07) is 21.7. The molecule has 0 aliphatic carbocycles. The zero-order chi connectivity index (χ0) is 21.8. The highest BCUT2D eigenvalue weighted by Gasteiger charge is 2.06. The molecule has 0 amide bonds. The van der Waals surface area contributed by atoms with Crippen molar-refractivity contribution in [2.75, 3.05) is 6.54 Å². The molecule has 0 spiro atoms. The highest BCUT2D eigenvalue weighted by Crippen LogP contribution is 2.13. The van der Waals surface area contributed by atoms with Crippen molar-refractivity contribution < 1.29 is 0 Å². The number of rotatable bonds is 18. The van der Waals surface area contributed by atoms with Gasteiger partial charge >= 0.3 is 0 Å². The summed E-state index contributed by atoms with van der Waals surface area (Å²) < 4.78 is 0. The fourth-order valence-electron chi connectivity index (χ4n) is 4.14. The van der Waals surface area contributed by atoms with Gasteiger partial charge in [-0.05, 0) is 30.4 Å². The molecular weight excluding hydrogens is 374 g/mol. The first-order chi connectivity index (χ1) is 15.4. The van der Waals surface area contributed by atoms with E-state index in [1.807, 2.05) is 0 Å². The van der Waals surface area contributed by atoms with E-state index in [0.717, 1.165) is 26.1 Å². The zero-order valence-corrected chi connectivity index (χ0v) is 20.0. The fraction of sp³-hybridized carbons (Fsp3) is 0.533. The van der Waals surface area contributed by atoms with Crippen LogP contribution in [0.15, 0.2) is 72.8 Å². The molecule has 0 heterocycles. The van der Waals surface area contributed by atoms with Gasteiger partial charge in [0.25, 0.3) is 0 Å². The molecule has 0 radical (unpaired) electrons. The molecule has 2 rings (SSSR count). The number of nitrogens with zero attached hydrogens (tertiary/aromatic N) is 1. The summed E-state index contributed by atoms with van der Waals surface area (Å²) in [6.07, 6.45) is 21.3. The number of allylic oxidation sites excluding steroid dienone is 1. The SMILES string of the molecule is CCCCCCCCCCCC/C=C/CCN(Cc1ccccc1)Cc1ccccc1.